The molecule has 2 rings (SSSR count). The Morgan fingerprint density at radius 3 is 2.65 bits per heavy atom. The lowest BCUT2D eigenvalue weighted by Crippen LogP contribution is -2.20. The fraction of sp³-hybridized carbons (Fsp3) is 0.100. The number of nitrogens with one attached hydrogen (secondary N) is 2. The molecule has 0 radical (unpaired) electrons. The number of aromatic nitrogens is 4. The highest BCUT2D eigenvalue weighted by molar-refractivity contribution is 6.00. The van der Waals surface area contributed by atoms with E-state index in [1.54, 1.807) is 0 Å². The number of nitrogens with zero attached hydrogens (tertiary/aromatic N) is 4. The van der Waals surface area contributed by atoms with Crippen molar-refractivity contribution in [1.82, 2.24) is 20.2 Å². The lowest BCUT2D eigenvalue weighted by atomic mass is 10.2. The fourth-order valence-corrected chi connectivity index (χ4v) is 1.38. The Morgan fingerprint density at radius 1 is 1.30 bits per heavy atom. The Balaban J connectivity index is 2.08. The molecule has 10 nitrogen and oxygen atoms in total. The van der Waals surface area contributed by atoms with Crippen molar-refractivity contribution >= 4 is 23.6 Å². The minimum atomic E-state index is -1.30. The average Bonchev–Trinajstić information content (AvgIpc) is 2.76. The van der Waals surface area contributed by atoms with Crippen LogP contribution in [0.2, 0.25) is 0 Å². The summed E-state index contributed by atoms with van der Waals surface area (Å²) >= 11 is 0. The zero-order valence-electron chi connectivity index (χ0n) is 10.2. The average molecular weight is 278 g/mol. The first kappa shape index (κ1) is 13.3. The summed E-state index contributed by atoms with van der Waals surface area (Å²) in [7, 11) is 1.54. The van der Waals surface area contributed by atoms with Crippen LogP contribution in [0.1, 0.15) is 10.4 Å². The molecular formula is C10H10N6O4. The maximum absolute atomic E-state index is 11.6. The molecule has 1 heterocycles. The normalized spacial score (nSPS) is 10.1. The van der Waals surface area contributed by atoms with Gasteiger partial charge < -0.3 is 15.5 Å². The summed E-state index contributed by atoms with van der Waals surface area (Å²) in [6.07, 6.45) is 0. The number of anilines is 2. The van der Waals surface area contributed by atoms with Gasteiger partial charge in [-0.25, -0.2) is 9.59 Å². The van der Waals surface area contributed by atoms with Gasteiger partial charge in [0, 0.05) is 5.69 Å². The number of carboxylic acids is 1. The molecule has 0 aliphatic heterocycles. The molecule has 2 aromatic rings. The fourth-order valence-electron chi connectivity index (χ4n) is 1.38. The summed E-state index contributed by atoms with van der Waals surface area (Å²) in [5, 5.41) is 33.7. The SMILES string of the molecule is Cn1nnc(NC(=O)Nc2ccc(O)c(C(=O)O)c2)n1. The maximum atomic E-state index is 11.6. The molecular weight excluding hydrogens is 268 g/mol. The van der Waals surface area contributed by atoms with Gasteiger partial charge in [-0.3, -0.25) is 5.32 Å². The van der Waals surface area contributed by atoms with Crippen LogP contribution in [0.15, 0.2) is 18.2 Å². The van der Waals surface area contributed by atoms with E-state index in [4.69, 9.17) is 5.11 Å². The van der Waals surface area contributed by atoms with Gasteiger partial charge in [0.05, 0.1) is 7.05 Å². The predicted octanol–water partition coefficient (Wildman–Crippen LogP) is 0.258. The van der Waals surface area contributed by atoms with Crippen LogP contribution >= 0.6 is 0 Å². The van der Waals surface area contributed by atoms with Gasteiger partial charge >= 0.3 is 12.0 Å². The second-order valence-electron chi connectivity index (χ2n) is 3.72. The smallest absolute Gasteiger partial charge is 0.339 e. The van der Waals surface area contributed by atoms with E-state index in [2.05, 4.69) is 26.0 Å². The topological polar surface area (TPSA) is 142 Å². The molecule has 0 saturated heterocycles. The third-order valence-corrected chi connectivity index (χ3v) is 2.22. The lowest BCUT2D eigenvalue weighted by Gasteiger charge is -2.06. The van der Waals surface area contributed by atoms with Crippen molar-refractivity contribution in [3.05, 3.63) is 23.8 Å². The summed E-state index contributed by atoms with van der Waals surface area (Å²) in [6.45, 7) is 0. The van der Waals surface area contributed by atoms with E-state index in [1.165, 1.54) is 24.0 Å². The molecule has 0 atom stereocenters. The summed E-state index contributed by atoms with van der Waals surface area (Å²) in [4.78, 5) is 23.6. The van der Waals surface area contributed by atoms with E-state index in [0.29, 0.717) is 0 Å². The number of hydrogen-bond acceptors (Lipinski definition) is 6. The number of tetrazole rings is 1. The first-order valence-corrected chi connectivity index (χ1v) is 5.34. The molecule has 2 amide bonds. The van der Waals surface area contributed by atoms with Gasteiger partial charge in [-0.05, 0) is 23.4 Å². The van der Waals surface area contributed by atoms with E-state index in [1.807, 2.05) is 0 Å². The van der Waals surface area contributed by atoms with E-state index in [0.717, 1.165) is 6.07 Å². The van der Waals surface area contributed by atoms with Crippen LogP contribution in [0, 0.1) is 0 Å². The summed E-state index contributed by atoms with van der Waals surface area (Å²) in [5.41, 5.74) is -0.123. The van der Waals surface area contributed by atoms with Crippen molar-refractivity contribution < 1.29 is 19.8 Å². The zero-order valence-corrected chi connectivity index (χ0v) is 10.2. The van der Waals surface area contributed by atoms with Crippen molar-refractivity contribution in [3.8, 4) is 5.75 Å². The Bertz CT molecular complexity index is 668. The van der Waals surface area contributed by atoms with Crippen LogP contribution in [0.25, 0.3) is 0 Å². The number of carbonyl (C=O) groups excluding carboxylic acids is 1. The molecule has 0 saturated carbocycles. The van der Waals surface area contributed by atoms with Gasteiger partial charge in [-0.15, -0.1) is 5.10 Å². The molecule has 1 aromatic heterocycles. The molecule has 0 fully saturated rings. The van der Waals surface area contributed by atoms with Crippen LogP contribution in [0.3, 0.4) is 0 Å². The van der Waals surface area contributed by atoms with E-state index >= 15 is 0 Å². The van der Waals surface area contributed by atoms with Crippen LogP contribution in [-0.4, -0.2) is 42.4 Å². The molecule has 0 unspecified atom stereocenters. The first-order valence-electron chi connectivity index (χ1n) is 5.34. The summed E-state index contributed by atoms with van der Waals surface area (Å²) in [6, 6.07) is 2.98. The highest BCUT2D eigenvalue weighted by Gasteiger charge is 2.12. The molecule has 4 N–H and O–H groups in total. The second-order valence-corrected chi connectivity index (χ2v) is 3.72. The number of aromatic carboxylic acids is 1. The van der Waals surface area contributed by atoms with Gasteiger partial charge in [0.2, 0.25) is 0 Å². The number of hydrogen-bond donors (Lipinski definition) is 4. The molecule has 0 aliphatic carbocycles. The Labute approximate surface area is 112 Å². The standard InChI is InChI=1S/C10H10N6O4/c1-16-14-9(13-15-16)12-10(20)11-5-2-3-7(17)6(4-5)8(18)19/h2-4,17H,1H3,(H,18,19)(H2,11,12,14,20). The Morgan fingerprint density at radius 2 is 2.05 bits per heavy atom. The molecule has 20 heavy (non-hydrogen) atoms. The minimum Gasteiger partial charge on any atom is -0.507 e. The van der Waals surface area contributed by atoms with Crippen molar-refractivity contribution in [1.29, 1.82) is 0 Å². The van der Waals surface area contributed by atoms with Gasteiger partial charge in [0.1, 0.15) is 11.3 Å². The quantitative estimate of drug-likeness (QED) is 0.589. The molecule has 104 valence electrons. The molecule has 0 spiro atoms. The van der Waals surface area contributed by atoms with Gasteiger partial charge in [-0.1, -0.05) is 5.10 Å². The minimum absolute atomic E-state index is 0.00207. The number of urea groups is 1. The van der Waals surface area contributed by atoms with Gasteiger partial charge in [0.15, 0.2) is 0 Å². The molecule has 1 aromatic carbocycles. The summed E-state index contributed by atoms with van der Waals surface area (Å²) < 4.78 is 0. The number of benzene rings is 1. The Kier molecular flexibility index (Phi) is 3.46. The van der Waals surface area contributed by atoms with E-state index < -0.39 is 12.0 Å². The van der Waals surface area contributed by atoms with Crippen LogP contribution in [-0.2, 0) is 7.05 Å². The lowest BCUT2D eigenvalue weighted by molar-refractivity contribution is 0.0693. The maximum Gasteiger partial charge on any atom is 0.339 e. The van der Waals surface area contributed by atoms with E-state index in [-0.39, 0.29) is 22.9 Å². The van der Waals surface area contributed by atoms with Gasteiger partial charge in [0.25, 0.3) is 5.95 Å². The van der Waals surface area contributed by atoms with Crippen molar-refractivity contribution in [3.63, 3.8) is 0 Å². The number of carbonyl (C=O) groups is 2. The van der Waals surface area contributed by atoms with E-state index in [9.17, 15) is 14.7 Å². The van der Waals surface area contributed by atoms with Crippen molar-refractivity contribution in [2.24, 2.45) is 7.05 Å². The number of rotatable bonds is 3. The third-order valence-electron chi connectivity index (χ3n) is 2.22. The van der Waals surface area contributed by atoms with Gasteiger partial charge in [-0.2, -0.15) is 4.80 Å². The first-order chi connectivity index (χ1) is 9.45. The van der Waals surface area contributed by atoms with Crippen molar-refractivity contribution in [2.75, 3.05) is 10.6 Å². The molecule has 10 heteroatoms. The second kappa shape index (κ2) is 5.22. The molecule has 0 aliphatic rings. The predicted molar refractivity (Wildman–Crippen MR) is 66.5 cm³/mol. The Hall–Kier alpha value is -3.17. The van der Waals surface area contributed by atoms with Crippen molar-refractivity contribution in [2.45, 2.75) is 0 Å². The zero-order chi connectivity index (χ0) is 14.7. The number of carboxylic acid groups (broad SMARTS) is 1. The van der Waals surface area contributed by atoms with Crippen LogP contribution < -0.4 is 10.6 Å². The van der Waals surface area contributed by atoms with Crippen LogP contribution in [0.4, 0.5) is 16.4 Å². The number of phenols is 1. The monoisotopic (exact) mass is 278 g/mol. The number of amides is 2. The largest absolute Gasteiger partial charge is 0.507 e. The highest BCUT2D eigenvalue weighted by Crippen LogP contribution is 2.21. The number of aryl methyl sites for hydroxylation is 1. The number of aromatic hydroxyl groups is 1. The third kappa shape index (κ3) is 2.98. The molecule has 0 bridgehead atoms. The van der Waals surface area contributed by atoms with Crippen LogP contribution in [0.5, 0.6) is 5.75 Å². The summed E-state index contributed by atoms with van der Waals surface area (Å²) in [5.74, 6) is -1.69. The highest BCUT2D eigenvalue weighted by atomic mass is 16.4.